The fourth-order valence-electron chi connectivity index (χ4n) is 2.78. The van der Waals surface area contributed by atoms with Gasteiger partial charge in [0, 0.05) is 10.6 Å². The zero-order valence-electron chi connectivity index (χ0n) is 15.2. The lowest BCUT2D eigenvalue weighted by Crippen LogP contribution is -2.35. The van der Waals surface area contributed by atoms with E-state index in [0.717, 1.165) is 0 Å². The average molecular weight is 417 g/mol. The molecule has 3 rings (SSSR count). The van der Waals surface area contributed by atoms with Crippen molar-refractivity contribution in [2.75, 3.05) is 25.7 Å². The summed E-state index contributed by atoms with van der Waals surface area (Å²) < 4.78 is 10.1. The molecule has 1 fully saturated rings. The molecule has 6 nitrogen and oxygen atoms in total. The van der Waals surface area contributed by atoms with E-state index < -0.39 is 5.97 Å². The smallest absolute Gasteiger partial charge is 0.325 e. The highest BCUT2D eigenvalue weighted by Crippen LogP contribution is 2.31. The summed E-state index contributed by atoms with van der Waals surface area (Å²) in [6, 6.07) is 14.0. The van der Waals surface area contributed by atoms with Gasteiger partial charge in [0.25, 0.3) is 5.91 Å². The van der Waals surface area contributed by atoms with Crippen LogP contribution in [-0.2, 0) is 14.3 Å². The van der Waals surface area contributed by atoms with Crippen molar-refractivity contribution in [1.29, 1.82) is 0 Å². The molecule has 8 heteroatoms. The average Bonchev–Trinajstić information content (AvgIpc) is 2.93. The predicted octanol–water partition coefficient (Wildman–Crippen LogP) is 3.50. The van der Waals surface area contributed by atoms with Gasteiger partial charge in [0.15, 0.2) is 5.11 Å². The van der Waals surface area contributed by atoms with Gasteiger partial charge in [-0.15, -0.1) is 0 Å². The quantitative estimate of drug-likeness (QED) is 0.422. The molecule has 0 aromatic heterocycles. The number of carbonyl (C=O) groups excluding carboxylic acids is 2. The summed E-state index contributed by atoms with van der Waals surface area (Å²) >= 11 is 11.4. The van der Waals surface area contributed by atoms with Crippen molar-refractivity contribution < 1.29 is 19.1 Å². The van der Waals surface area contributed by atoms with Crippen LogP contribution in [0.4, 0.5) is 5.69 Å². The third-order valence-electron chi connectivity index (χ3n) is 4.17. The zero-order valence-corrected chi connectivity index (χ0v) is 16.8. The van der Waals surface area contributed by atoms with Crippen molar-refractivity contribution in [2.45, 2.75) is 0 Å². The molecular weight excluding hydrogens is 400 g/mol. The van der Waals surface area contributed by atoms with Gasteiger partial charge in [0.05, 0.1) is 19.9 Å². The van der Waals surface area contributed by atoms with Crippen LogP contribution in [0.2, 0.25) is 5.02 Å². The maximum Gasteiger partial charge on any atom is 0.325 e. The predicted molar refractivity (Wildman–Crippen MR) is 111 cm³/mol. The fraction of sp³-hybridized carbons (Fsp3) is 0.150. The zero-order chi connectivity index (χ0) is 20.3. The number of amides is 1. The van der Waals surface area contributed by atoms with Gasteiger partial charge < -0.3 is 14.4 Å². The van der Waals surface area contributed by atoms with E-state index >= 15 is 0 Å². The van der Waals surface area contributed by atoms with E-state index in [1.165, 1.54) is 16.9 Å². The van der Waals surface area contributed by atoms with Crippen molar-refractivity contribution >= 4 is 52.6 Å². The lowest BCUT2D eigenvalue weighted by atomic mass is 10.1. The molecule has 2 aromatic carbocycles. The van der Waals surface area contributed by atoms with E-state index in [2.05, 4.69) is 0 Å². The Hall–Kier alpha value is -2.90. The Balaban J connectivity index is 2.08. The van der Waals surface area contributed by atoms with Gasteiger partial charge in [-0.25, -0.2) is 0 Å². The summed E-state index contributed by atoms with van der Waals surface area (Å²) in [6.45, 7) is -0.188. The minimum Gasteiger partial charge on any atom is -0.496 e. The first-order valence-corrected chi connectivity index (χ1v) is 9.08. The molecule has 0 radical (unpaired) electrons. The second-order valence-electron chi connectivity index (χ2n) is 5.83. The molecule has 1 aliphatic heterocycles. The molecule has 1 saturated heterocycles. The molecule has 1 aliphatic rings. The third-order valence-corrected chi connectivity index (χ3v) is 4.82. The molecule has 0 spiro atoms. The number of nitrogens with zero attached hydrogens (tertiary/aromatic N) is 2. The number of esters is 1. The van der Waals surface area contributed by atoms with Crippen LogP contribution in [0.5, 0.6) is 5.75 Å². The highest BCUT2D eigenvalue weighted by atomic mass is 35.5. The number of halogens is 1. The van der Waals surface area contributed by atoms with E-state index in [1.807, 2.05) is 18.2 Å². The fourth-order valence-corrected chi connectivity index (χ4v) is 3.25. The van der Waals surface area contributed by atoms with Crippen LogP contribution < -0.4 is 9.64 Å². The number of carbonyl (C=O) groups is 2. The summed E-state index contributed by atoms with van der Waals surface area (Å²) in [6.07, 6.45) is 1.65. The molecule has 1 heterocycles. The number of hydrogen-bond donors (Lipinski definition) is 0. The monoisotopic (exact) mass is 416 g/mol. The number of rotatable bonds is 5. The minimum absolute atomic E-state index is 0.180. The normalized spacial score (nSPS) is 15.3. The topological polar surface area (TPSA) is 59.1 Å². The first kappa shape index (κ1) is 19.9. The van der Waals surface area contributed by atoms with Crippen LogP contribution in [-0.4, -0.2) is 42.7 Å². The molecule has 28 heavy (non-hydrogen) atoms. The molecule has 144 valence electrons. The summed E-state index contributed by atoms with van der Waals surface area (Å²) in [4.78, 5) is 27.9. The number of methoxy groups -OCH3 is 2. The number of para-hydroxylation sites is 1. The Morgan fingerprint density at radius 2 is 1.82 bits per heavy atom. The highest BCUT2D eigenvalue weighted by molar-refractivity contribution is 7.80. The number of hydrogen-bond acceptors (Lipinski definition) is 5. The van der Waals surface area contributed by atoms with Gasteiger partial charge in [0.2, 0.25) is 0 Å². The lowest BCUT2D eigenvalue weighted by molar-refractivity contribution is -0.140. The van der Waals surface area contributed by atoms with E-state index in [-0.39, 0.29) is 23.3 Å². The Morgan fingerprint density at radius 3 is 2.46 bits per heavy atom. The van der Waals surface area contributed by atoms with E-state index in [0.29, 0.717) is 22.0 Å². The lowest BCUT2D eigenvalue weighted by Gasteiger charge is -2.19. The van der Waals surface area contributed by atoms with E-state index in [4.69, 9.17) is 33.3 Å². The first-order valence-electron chi connectivity index (χ1n) is 8.29. The second-order valence-corrected chi connectivity index (χ2v) is 6.63. The van der Waals surface area contributed by atoms with Crippen molar-refractivity contribution in [3.8, 4) is 5.75 Å². The van der Waals surface area contributed by atoms with Crippen LogP contribution in [0.15, 0.2) is 54.2 Å². The summed E-state index contributed by atoms with van der Waals surface area (Å²) in [7, 11) is 2.83. The molecule has 0 N–H and O–H groups in total. The van der Waals surface area contributed by atoms with Gasteiger partial charge in [-0.05, 0) is 48.6 Å². The Kier molecular flexibility index (Phi) is 5.96. The maximum absolute atomic E-state index is 13.2. The minimum atomic E-state index is -0.515. The van der Waals surface area contributed by atoms with Gasteiger partial charge in [-0.1, -0.05) is 29.8 Å². The van der Waals surface area contributed by atoms with Crippen LogP contribution >= 0.6 is 23.8 Å². The van der Waals surface area contributed by atoms with Gasteiger partial charge in [-0.3, -0.25) is 14.5 Å². The molecule has 0 aliphatic carbocycles. The molecule has 0 atom stereocenters. The third kappa shape index (κ3) is 3.85. The maximum atomic E-state index is 13.2. The second kappa shape index (κ2) is 8.41. The highest BCUT2D eigenvalue weighted by Gasteiger charge is 2.40. The molecule has 0 saturated carbocycles. The summed E-state index contributed by atoms with van der Waals surface area (Å²) in [5.41, 5.74) is 1.48. The summed E-state index contributed by atoms with van der Waals surface area (Å²) in [5, 5.41) is 0.719. The van der Waals surface area contributed by atoms with Crippen LogP contribution in [0.3, 0.4) is 0 Å². The first-order chi connectivity index (χ1) is 13.5. The van der Waals surface area contributed by atoms with Crippen LogP contribution in [0.1, 0.15) is 5.56 Å². The Labute approximate surface area is 172 Å². The standard InChI is InChI=1S/C20H17ClN2O4S/c1-26-17-6-4-3-5-13(17)11-16-19(25)23(15-9-7-14(21)8-10-15)20(28)22(16)12-18(24)27-2/h3-11H,12H2,1-2H3/b16-11-. The van der Waals surface area contributed by atoms with Gasteiger partial charge >= 0.3 is 5.97 Å². The molecule has 1 amide bonds. The number of thiocarbonyl (C=S) groups is 1. The van der Waals surface area contributed by atoms with E-state index in [1.54, 1.807) is 43.5 Å². The van der Waals surface area contributed by atoms with Crippen molar-refractivity contribution in [3.05, 3.63) is 64.8 Å². The van der Waals surface area contributed by atoms with Gasteiger partial charge in [0.1, 0.15) is 18.0 Å². The largest absolute Gasteiger partial charge is 0.496 e. The number of benzene rings is 2. The van der Waals surface area contributed by atoms with Gasteiger partial charge in [-0.2, -0.15) is 0 Å². The van der Waals surface area contributed by atoms with Crippen molar-refractivity contribution in [1.82, 2.24) is 4.90 Å². The summed E-state index contributed by atoms with van der Waals surface area (Å²) in [5.74, 6) is -0.280. The molecule has 0 unspecified atom stereocenters. The number of anilines is 1. The molecule has 2 aromatic rings. The Morgan fingerprint density at radius 1 is 1.14 bits per heavy atom. The molecule has 0 bridgehead atoms. The van der Waals surface area contributed by atoms with Crippen molar-refractivity contribution in [2.24, 2.45) is 0 Å². The van der Waals surface area contributed by atoms with E-state index in [9.17, 15) is 9.59 Å². The van der Waals surface area contributed by atoms with Crippen LogP contribution in [0, 0.1) is 0 Å². The Bertz CT molecular complexity index is 959. The number of ether oxygens (including phenoxy) is 2. The molecular formula is C20H17ClN2O4S. The van der Waals surface area contributed by atoms with Crippen molar-refractivity contribution in [3.63, 3.8) is 0 Å². The van der Waals surface area contributed by atoms with Crippen LogP contribution in [0.25, 0.3) is 6.08 Å². The SMILES string of the molecule is COC(=O)CN1C(=S)N(c2ccc(Cl)cc2)C(=O)/C1=C/c1ccccc1OC.